The Morgan fingerprint density at radius 3 is 2.50 bits per heavy atom. The quantitative estimate of drug-likeness (QED) is 0.666. The predicted molar refractivity (Wildman–Crippen MR) is 78.1 cm³/mol. The van der Waals surface area contributed by atoms with Crippen LogP contribution in [0.3, 0.4) is 0 Å². The molecule has 20 heavy (non-hydrogen) atoms. The molecule has 1 fully saturated rings. The first-order valence-corrected chi connectivity index (χ1v) is 8.29. The third-order valence-electron chi connectivity index (χ3n) is 3.25. The number of ether oxygens (including phenoxy) is 1. The van der Waals surface area contributed by atoms with Crippen molar-refractivity contribution in [1.29, 1.82) is 0 Å². The Kier molecular flexibility index (Phi) is 5.36. The van der Waals surface area contributed by atoms with Gasteiger partial charge in [0.05, 0.1) is 17.6 Å². The molecule has 0 aliphatic carbocycles. The van der Waals surface area contributed by atoms with Crippen molar-refractivity contribution in [3.63, 3.8) is 0 Å². The number of piperidine rings is 1. The smallest absolute Gasteiger partial charge is 0.238 e. The molecule has 0 amide bonds. The van der Waals surface area contributed by atoms with E-state index in [1.807, 2.05) is 0 Å². The van der Waals surface area contributed by atoms with Gasteiger partial charge in [0.1, 0.15) is 0 Å². The summed E-state index contributed by atoms with van der Waals surface area (Å²) >= 11 is 0. The van der Waals surface area contributed by atoms with Gasteiger partial charge in [0.15, 0.2) is 0 Å². The van der Waals surface area contributed by atoms with E-state index in [2.05, 4.69) is 10.6 Å². The number of nitrogens with one attached hydrogen (secondary N) is 2. The number of anilines is 1. The molecule has 1 saturated heterocycles. The Labute approximate surface area is 119 Å². The van der Waals surface area contributed by atoms with Crippen LogP contribution in [-0.4, -0.2) is 40.8 Å². The fourth-order valence-corrected chi connectivity index (χ4v) is 2.66. The monoisotopic (exact) mass is 299 g/mol. The number of hydrogen-bond acceptors (Lipinski definition) is 5. The van der Waals surface area contributed by atoms with Gasteiger partial charge < -0.3 is 15.4 Å². The van der Waals surface area contributed by atoms with Crippen molar-refractivity contribution >= 4 is 15.7 Å². The summed E-state index contributed by atoms with van der Waals surface area (Å²) in [6.07, 6.45) is 2.47. The van der Waals surface area contributed by atoms with Crippen LogP contribution in [0.25, 0.3) is 0 Å². The number of hydrogen-bond donors (Lipinski definition) is 3. The average molecular weight is 299 g/mol. The summed E-state index contributed by atoms with van der Waals surface area (Å²) in [7, 11) is -3.62. The van der Waals surface area contributed by atoms with Crippen molar-refractivity contribution in [2.45, 2.75) is 23.8 Å². The maximum absolute atomic E-state index is 11.1. The van der Waals surface area contributed by atoms with Crippen LogP contribution in [-0.2, 0) is 14.8 Å². The van der Waals surface area contributed by atoms with Crippen molar-refractivity contribution in [2.75, 3.05) is 31.6 Å². The lowest BCUT2D eigenvalue weighted by molar-refractivity contribution is 0.0394. The summed E-state index contributed by atoms with van der Waals surface area (Å²) in [5.74, 6) is 0. The SMILES string of the molecule is NS(=O)(=O)c1ccc(NCCOC2CCNCC2)cc1. The molecule has 4 N–H and O–H groups in total. The zero-order chi connectivity index (χ0) is 14.4. The number of rotatable bonds is 6. The third kappa shape index (κ3) is 4.75. The zero-order valence-electron chi connectivity index (χ0n) is 11.3. The van der Waals surface area contributed by atoms with E-state index in [-0.39, 0.29) is 4.90 Å². The Morgan fingerprint density at radius 1 is 1.25 bits per heavy atom. The molecule has 0 spiro atoms. The van der Waals surface area contributed by atoms with Crippen molar-refractivity contribution in [3.05, 3.63) is 24.3 Å². The molecule has 7 heteroatoms. The second kappa shape index (κ2) is 7.03. The topological polar surface area (TPSA) is 93.5 Å². The molecular weight excluding hydrogens is 278 g/mol. The second-order valence-electron chi connectivity index (χ2n) is 4.82. The second-order valence-corrected chi connectivity index (χ2v) is 6.38. The summed E-state index contributed by atoms with van der Waals surface area (Å²) in [6.45, 7) is 3.38. The predicted octanol–water partition coefficient (Wildman–Crippen LogP) is 0.515. The number of primary sulfonamides is 1. The highest BCUT2D eigenvalue weighted by atomic mass is 32.2. The molecule has 0 radical (unpaired) electrons. The zero-order valence-corrected chi connectivity index (χ0v) is 12.2. The van der Waals surface area contributed by atoms with Crippen LogP contribution in [0.5, 0.6) is 0 Å². The molecule has 0 saturated carbocycles. The van der Waals surface area contributed by atoms with E-state index in [0.29, 0.717) is 19.3 Å². The Morgan fingerprint density at radius 2 is 1.90 bits per heavy atom. The summed E-state index contributed by atoms with van der Waals surface area (Å²) in [5.41, 5.74) is 0.853. The van der Waals surface area contributed by atoms with Crippen molar-refractivity contribution in [3.8, 4) is 0 Å². The van der Waals surface area contributed by atoms with Crippen LogP contribution < -0.4 is 15.8 Å². The van der Waals surface area contributed by atoms with Gasteiger partial charge in [0.2, 0.25) is 10.0 Å². The van der Waals surface area contributed by atoms with E-state index in [4.69, 9.17) is 9.88 Å². The van der Waals surface area contributed by atoms with Gasteiger partial charge in [-0.25, -0.2) is 13.6 Å². The largest absolute Gasteiger partial charge is 0.383 e. The van der Waals surface area contributed by atoms with Gasteiger partial charge in [-0.3, -0.25) is 0 Å². The molecular formula is C13H21N3O3S. The minimum absolute atomic E-state index is 0.119. The van der Waals surface area contributed by atoms with Gasteiger partial charge >= 0.3 is 0 Å². The number of nitrogens with two attached hydrogens (primary N) is 1. The molecule has 0 unspecified atom stereocenters. The van der Waals surface area contributed by atoms with Crippen molar-refractivity contribution < 1.29 is 13.2 Å². The molecule has 1 aromatic rings. The van der Waals surface area contributed by atoms with E-state index in [1.165, 1.54) is 12.1 Å². The fourth-order valence-electron chi connectivity index (χ4n) is 2.15. The van der Waals surface area contributed by atoms with Crippen LogP contribution in [0.4, 0.5) is 5.69 Å². The van der Waals surface area contributed by atoms with Gasteiger partial charge in [0.25, 0.3) is 0 Å². The lowest BCUT2D eigenvalue weighted by Crippen LogP contribution is -2.33. The lowest BCUT2D eigenvalue weighted by Gasteiger charge is -2.23. The summed E-state index contributed by atoms with van der Waals surface area (Å²) < 4.78 is 28.0. The number of benzene rings is 1. The first-order chi connectivity index (χ1) is 9.55. The van der Waals surface area contributed by atoms with Crippen LogP contribution in [0.15, 0.2) is 29.2 Å². The van der Waals surface area contributed by atoms with E-state index in [9.17, 15) is 8.42 Å². The van der Waals surface area contributed by atoms with Gasteiger partial charge in [-0.15, -0.1) is 0 Å². The fraction of sp³-hybridized carbons (Fsp3) is 0.538. The highest BCUT2D eigenvalue weighted by Crippen LogP contribution is 2.12. The highest BCUT2D eigenvalue weighted by Gasteiger charge is 2.12. The van der Waals surface area contributed by atoms with E-state index >= 15 is 0 Å². The van der Waals surface area contributed by atoms with Crippen LogP contribution >= 0.6 is 0 Å². The van der Waals surface area contributed by atoms with Crippen LogP contribution in [0.2, 0.25) is 0 Å². The molecule has 0 aromatic heterocycles. The maximum atomic E-state index is 11.1. The van der Waals surface area contributed by atoms with Crippen molar-refractivity contribution in [2.24, 2.45) is 5.14 Å². The van der Waals surface area contributed by atoms with E-state index < -0.39 is 10.0 Å². The number of sulfonamides is 1. The molecule has 2 rings (SSSR count). The standard InChI is InChI=1S/C13H21N3O3S/c14-20(17,18)13-3-1-11(2-4-13)16-9-10-19-12-5-7-15-8-6-12/h1-4,12,15-16H,5-10H2,(H2,14,17,18). The molecule has 6 nitrogen and oxygen atoms in total. The van der Waals surface area contributed by atoms with Gasteiger partial charge in [-0.05, 0) is 50.2 Å². The normalized spacial score (nSPS) is 17.1. The summed E-state index contributed by atoms with van der Waals surface area (Å²) in [4.78, 5) is 0.119. The first-order valence-electron chi connectivity index (χ1n) is 6.75. The van der Waals surface area contributed by atoms with Crippen LogP contribution in [0.1, 0.15) is 12.8 Å². The molecule has 0 atom stereocenters. The minimum Gasteiger partial charge on any atom is -0.383 e. The molecule has 1 aromatic carbocycles. The molecule has 0 bridgehead atoms. The Balaban J connectivity index is 1.71. The third-order valence-corrected chi connectivity index (χ3v) is 4.18. The van der Waals surface area contributed by atoms with Gasteiger partial charge in [-0.2, -0.15) is 0 Å². The molecule has 1 aliphatic heterocycles. The van der Waals surface area contributed by atoms with Gasteiger partial charge in [-0.1, -0.05) is 0 Å². The Bertz CT molecular complexity index is 510. The Hall–Kier alpha value is -1.15. The minimum atomic E-state index is -3.62. The average Bonchev–Trinajstić information content (AvgIpc) is 2.44. The lowest BCUT2D eigenvalue weighted by atomic mass is 10.1. The van der Waals surface area contributed by atoms with Crippen molar-refractivity contribution in [1.82, 2.24) is 5.32 Å². The van der Waals surface area contributed by atoms with Crippen LogP contribution in [0, 0.1) is 0 Å². The highest BCUT2D eigenvalue weighted by molar-refractivity contribution is 7.89. The van der Waals surface area contributed by atoms with E-state index in [1.54, 1.807) is 12.1 Å². The first kappa shape index (κ1) is 15.2. The maximum Gasteiger partial charge on any atom is 0.238 e. The summed E-state index contributed by atoms with van der Waals surface area (Å²) in [5, 5.41) is 11.5. The molecule has 1 heterocycles. The summed E-state index contributed by atoms with van der Waals surface area (Å²) in [6, 6.07) is 6.38. The molecule has 112 valence electrons. The molecule has 1 aliphatic rings. The van der Waals surface area contributed by atoms with E-state index in [0.717, 1.165) is 31.6 Å². The van der Waals surface area contributed by atoms with Gasteiger partial charge in [0, 0.05) is 12.2 Å².